The molecule has 0 aromatic carbocycles. The highest BCUT2D eigenvalue weighted by molar-refractivity contribution is 7.99. The third-order valence-corrected chi connectivity index (χ3v) is 5.31. The monoisotopic (exact) mass is 305 g/mol. The number of rotatable bonds is 15. The van der Waals surface area contributed by atoms with Crippen molar-refractivity contribution < 1.29 is 0 Å². The third-order valence-electron chi connectivity index (χ3n) is 3.22. The SMILES string of the molecule is CCCCSCCN(CCCC)CCSCCCC. The Morgan fingerprint density at radius 3 is 1.47 bits per heavy atom. The molecule has 0 saturated heterocycles. The van der Waals surface area contributed by atoms with Gasteiger partial charge in [0.2, 0.25) is 0 Å². The van der Waals surface area contributed by atoms with E-state index in [2.05, 4.69) is 49.2 Å². The van der Waals surface area contributed by atoms with Crippen LogP contribution in [0.2, 0.25) is 0 Å². The van der Waals surface area contributed by atoms with E-state index in [0.717, 1.165) is 0 Å². The molecule has 0 aromatic rings. The molecule has 0 bridgehead atoms. The van der Waals surface area contributed by atoms with Gasteiger partial charge in [-0.25, -0.2) is 0 Å². The molecule has 0 spiro atoms. The topological polar surface area (TPSA) is 3.24 Å². The molecule has 0 atom stereocenters. The molecule has 0 aliphatic rings. The molecule has 0 aromatic heterocycles. The van der Waals surface area contributed by atoms with Crippen LogP contribution >= 0.6 is 23.5 Å². The average molecular weight is 306 g/mol. The van der Waals surface area contributed by atoms with Crippen LogP contribution in [0.1, 0.15) is 59.3 Å². The Morgan fingerprint density at radius 2 is 1.05 bits per heavy atom. The molecule has 19 heavy (non-hydrogen) atoms. The van der Waals surface area contributed by atoms with Crippen LogP contribution in [-0.2, 0) is 0 Å². The molecule has 0 amide bonds. The van der Waals surface area contributed by atoms with Gasteiger partial charge in [-0.3, -0.25) is 0 Å². The van der Waals surface area contributed by atoms with Gasteiger partial charge in [0.1, 0.15) is 0 Å². The highest BCUT2D eigenvalue weighted by Gasteiger charge is 2.04. The number of thioether (sulfide) groups is 2. The summed E-state index contributed by atoms with van der Waals surface area (Å²) >= 11 is 4.28. The molecule has 0 aliphatic heterocycles. The summed E-state index contributed by atoms with van der Waals surface area (Å²) in [4.78, 5) is 2.68. The van der Waals surface area contributed by atoms with Crippen molar-refractivity contribution >= 4 is 23.5 Å². The van der Waals surface area contributed by atoms with Crippen LogP contribution < -0.4 is 0 Å². The first-order valence-electron chi connectivity index (χ1n) is 8.22. The van der Waals surface area contributed by atoms with Crippen LogP contribution in [0.15, 0.2) is 0 Å². The van der Waals surface area contributed by atoms with Gasteiger partial charge in [-0.15, -0.1) is 0 Å². The molecule has 1 nitrogen and oxygen atoms in total. The van der Waals surface area contributed by atoms with Crippen molar-refractivity contribution in [3.05, 3.63) is 0 Å². The lowest BCUT2D eigenvalue weighted by Gasteiger charge is -2.21. The van der Waals surface area contributed by atoms with Gasteiger partial charge in [0, 0.05) is 24.6 Å². The largest absolute Gasteiger partial charge is 0.302 e. The lowest BCUT2D eigenvalue weighted by molar-refractivity contribution is 0.303. The fourth-order valence-electron chi connectivity index (χ4n) is 1.80. The van der Waals surface area contributed by atoms with Crippen molar-refractivity contribution in [3.63, 3.8) is 0 Å². The van der Waals surface area contributed by atoms with Gasteiger partial charge >= 0.3 is 0 Å². The van der Waals surface area contributed by atoms with E-state index in [1.165, 1.54) is 81.2 Å². The van der Waals surface area contributed by atoms with Gasteiger partial charge in [0.15, 0.2) is 0 Å². The Kier molecular flexibility index (Phi) is 17.3. The van der Waals surface area contributed by atoms with Crippen LogP contribution in [0.4, 0.5) is 0 Å². The van der Waals surface area contributed by atoms with Crippen LogP contribution in [0.3, 0.4) is 0 Å². The summed E-state index contributed by atoms with van der Waals surface area (Å²) in [6.45, 7) is 10.7. The predicted molar refractivity (Wildman–Crippen MR) is 95.8 cm³/mol. The molecule has 0 heterocycles. The minimum Gasteiger partial charge on any atom is -0.302 e. The summed E-state index contributed by atoms with van der Waals surface area (Å²) in [6, 6.07) is 0. The molecule has 0 unspecified atom stereocenters. The van der Waals surface area contributed by atoms with E-state index in [1.807, 2.05) is 0 Å². The quantitative estimate of drug-likeness (QED) is 0.385. The lowest BCUT2D eigenvalue weighted by Crippen LogP contribution is -2.29. The number of hydrogen-bond donors (Lipinski definition) is 0. The van der Waals surface area contributed by atoms with E-state index in [0.29, 0.717) is 0 Å². The molecule has 0 rings (SSSR count). The third kappa shape index (κ3) is 14.9. The Labute approximate surface area is 130 Å². The minimum absolute atomic E-state index is 1.29. The summed E-state index contributed by atoms with van der Waals surface area (Å²) in [5.41, 5.74) is 0. The maximum atomic E-state index is 2.68. The lowest BCUT2D eigenvalue weighted by atomic mass is 10.3. The first-order chi connectivity index (χ1) is 9.35. The molecule has 0 aliphatic carbocycles. The maximum Gasteiger partial charge on any atom is 0.00727 e. The van der Waals surface area contributed by atoms with Gasteiger partial charge in [0.05, 0.1) is 0 Å². The standard InChI is InChI=1S/C16H35NS2/c1-4-7-10-17(11-15-18-13-8-5-2)12-16-19-14-9-6-3/h4-16H2,1-3H3. The van der Waals surface area contributed by atoms with Gasteiger partial charge in [0.25, 0.3) is 0 Å². The van der Waals surface area contributed by atoms with Gasteiger partial charge in [-0.1, -0.05) is 40.0 Å². The molecular formula is C16H35NS2. The zero-order chi connectivity index (χ0) is 14.2. The number of hydrogen-bond acceptors (Lipinski definition) is 3. The summed E-state index contributed by atoms with van der Waals surface area (Å²) in [6.07, 6.45) is 8.11. The van der Waals surface area contributed by atoms with Crippen molar-refractivity contribution in [2.45, 2.75) is 59.3 Å². The second-order valence-electron chi connectivity index (χ2n) is 5.13. The Bertz CT molecular complexity index is 151. The van der Waals surface area contributed by atoms with Gasteiger partial charge in [-0.05, 0) is 37.3 Å². The second kappa shape index (κ2) is 16.7. The first kappa shape index (κ1) is 19.7. The van der Waals surface area contributed by atoms with E-state index in [-0.39, 0.29) is 0 Å². The van der Waals surface area contributed by atoms with Crippen molar-refractivity contribution in [1.82, 2.24) is 4.90 Å². The van der Waals surface area contributed by atoms with E-state index in [1.54, 1.807) is 0 Å². The van der Waals surface area contributed by atoms with E-state index in [4.69, 9.17) is 0 Å². The summed E-state index contributed by atoms with van der Waals surface area (Å²) in [5.74, 6) is 5.35. The molecule has 0 saturated carbocycles. The first-order valence-corrected chi connectivity index (χ1v) is 10.5. The van der Waals surface area contributed by atoms with Crippen molar-refractivity contribution in [2.24, 2.45) is 0 Å². The summed E-state index contributed by atoms with van der Waals surface area (Å²) < 4.78 is 0. The molecule has 0 fully saturated rings. The number of nitrogens with zero attached hydrogens (tertiary/aromatic N) is 1. The normalized spacial score (nSPS) is 11.4. The second-order valence-corrected chi connectivity index (χ2v) is 7.58. The van der Waals surface area contributed by atoms with Crippen LogP contribution in [-0.4, -0.2) is 47.5 Å². The number of unbranched alkanes of at least 4 members (excludes halogenated alkanes) is 3. The van der Waals surface area contributed by atoms with Crippen LogP contribution in [0, 0.1) is 0 Å². The zero-order valence-corrected chi connectivity index (χ0v) is 15.1. The van der Waals surface area contributed by atoms with Crippen molar-refractivity contribution in [3.8, 4) is 0 Å². The maximum absolute atomic E-state index is 2.68. The Morgan fingerprint density at radius 1 is 0.579 bits per heavy atom. The molecule has 3 heteroatoms. The van der Waals surface area contributed by atoms with E-state index >= 15 is 0 Å². The van der Waals surface area contributed by atoms with E-state index in [9.17, 15) is 0 Å². The molecule has 116 valence electrons. The van der Waals surface area contributed by atoms with Crippen LogP contribution in [0.5, 0.6) is 0 Å². The zero-order valence-electron chi connectivity index (χ0n) is 13.5. The molecule has 0 N–H and O–H groups in total. The minimum atomic E-state index is 1.29. The molecular weight excluding hydrogens is 270 g/mol. The van der Waals surface area contributed by atoms with E-state index < -0.39 is 0 Å². The summed E-state index contributed by atoms with van der Waals surface area (Å²) in [7, 11) is 0. The highest BCUT2D eigenvalue weighted by Crippen LogP contribution is 2.08. The highest BCUT2D eigenvalue weighted by atomic mass is 32.2. The van der Waals surface area contributed by atoms with Crippen LogP contribution in [0.25, 0.3) is 0 Å². The van der Waals surface area contributed by atoms with Gasteiger partial charge < -0.3 is 4.90 Å². The fraction of sp³-hybridized carbons (Fsp3) is 1.00. The van der Waals surface area contributed by atoms with Crippen molar-refractivity contribution in [1.29, 1.82) is 0 Å². The average Bonchev–Trinajstić information content (AvgIpc) is 2.43. The predicted octanol–water partition coefficient (Wildman–Crippen LogP) is 5.16. The van der Waals surface area contributed by atoms with Gasteiger partial charge in [-0.2, -0.15) is 23.5 Å². The Hall–Kier alpha value is 0.660. The fourth-order valence-corrected chi connectivity index (χ4v) is 3.97. The summed E-state index contributed by atoms with van der Waals surface area (Å²) in [5, 5.41) is 0. The molecule has 0 radical (unpaired) electrons. The smallest absolute Gasteiger partial charge is 0.00727 e. The Balaban J connectivity index is 3.57. The van der Waals surface area contributed by atoms with Crippen molar-refractivity contribution in [2.75, 3.05) is 42.6 Å².